The molecule has 0 N–H and O–H groups in total. The summed E-state index contributed by atoms with van der Waals surface area (Å²) in [6.45, 7) is 8.58. The Kier molecular flexibility index (Phi) is 7.92. The maximum Gasteiger partial charge on any atom is 0.337 e. The molecule has 1 aromatic carbocycles. The minimum Gasteiger partial charge on any atom is -0.465 e. The van der Waals surface area contributed by atoms with E-state index in [1.165, 1.54) is 6.92 Å². The molecular weight excluding hydrogens is 380 g/mol. The van der Waals surface area contributed by atoms with Gasteiger partial charge in [-0.15, -0.1) is 0 Å². The van der Waals surface area contributed by atoms with Gasteiger partial charge in [0.05, 0.1) is 12.2 Å². The van der Waals surface area contributed by atoms with Crippen LogP contribution in [-0.2, 0) is 44.5 Å². The van der Waals surface area contributed by atoms with Crippen molar-refractivity contribution in [3.05, 3.63) is 48.0 Å². The summed E-state index contributed by atoms with van der Waals surface area (Å²) in [5, 5.41) is 0. The predicted octanol–water partition coefficient (Wildman–Crippen LogP) is 1.95. The molecule has 1 fully saturated rings. The average Bonchev–Trinajstić information content (AvgIpc) is 3.00. The smallest absolute Gasteiger partial charge is 0.337 e. The molecule has 1 aliphatic heterocycles. The maximum absolute atomic E-state index is 12.2. The van der Waals surface area contributed by atoms with E-state index in [1.807, 2.05) is 30.3 Å². The fourth-order valence-electron chi connectivity index (χ4n) is 3.20. The third kappa shape index (κ3) is 6.13. The van der Waals surface area contributed by atoms with Crippen molar-refractivity contribution in [2.75, 3.05) is 13.2 Å². The Bertz CT molecular complexity index is 731. The number of hydrogen-bond acceptors (Lipinski definition) is 8. The molecule has 1 aliphatic rings. The quantitative estimate of drug-likeness (QED) is 0.252. The largest absolute Gasteiger partial charge is 0.465 e. The first-order valence-corrected chi connectivity index (χ1v) is 9.27. The highest BCUT2D eigenvalue weighted by atomic mass is 16.8. The molecule has 158 valence electrons. The summed E-state index contributed by atoms with van der Waals surface area (Å²) in [5.41, 5.74) is 0.870. The van der Waals surface area contributed by atoms with Gasteiger partial charge in [0, 0.05) is 13.3 Å². The zero-order chi connectivity index (χ0) is 21.4. The van der Waals surface area contributed by atoms with Gasteiger partial charge >= 0.3 is 11.9 Å². The van der Waals surface area contributed by atoms with E-state index in [9.17, 15) is 14.4 Å². The predicted molar refractivity (Wildman–Crippen MR) is 102 cm³/mol. The minimum absolute atomic E-state index is 0.0873. The van der Waals surface area contributed by atoms with E-state index >= 15 is 0 Å². The molecule has 8 nitrogen and oxygen atoms in total. The Morgan fingerprint density at radius 2 is 1.97 bits per heavy atom. The highest BCUT2D eigenvalue weighted by Gasteiger charge is 2.50. The van der Waals surface area contributed by atoms with Crippen LogP contribution in [0.4, 0.5) is 0 Å². The summed E-state index contributed by atoms with van der Waals surface area (Å²) < 4.78 is 27.3. The number of hydrogen-bond donors (Lipinski definition) is 0. The van der Waals surface area contributed by atoms with Gasteiger partial charge in [0.2, 0.25) is 0 Å². The van der Waals surface area contributed by atoms with Crippen LogP contribution in [0.25, 0.3) is 0 Å². The molecule has 0 saturated carbocycles. The van der Waals surface area contributed by atoms with E-state index in [0.29, 0.717) is 6.42 Å². The summed E-state index contributed by atoms with van der Waals surface area (Å²) in [5.74, 6) is -2.44. The molecular formula is C21H26O8. The lowest BCUT2D eigenvalue weighted by Gasteiger charge is -2.27. The molecule has 29 heavy (non-hydrogen) atoms. The van der Waals surface area contributed by atoms with Gasteiger partial charge in [-0.1, -0.05) is 36.9 Å². The Morgan fingerprint density at radius 3 is 2.55 bits per heavy atom. The van der Waals surface area contributed by atoms with Gasteiger partial charge in [0.15, 0.2) is 11.9 Å². The zero-order valence-corrected chi connectivity index (χ0v) is 16.8. The Hall–Kier alpha value is -2.71. The second kappa shape index (κ2) is 10.2. The van der Waals surface area contributed by atoms with Crippen LogP contribution in [-0.4, -0.2) is 55.7 Å². The summed E-state index contributed by atoms with van der Waals surface area (Å²) in [4.78, 5) is 34.6. The second-order valence-corrected chi connectivity index (χ2v) is 6.74. The van der Waals surface area contributed by atoms with E-state index in [0.717, 1.165) is 5.56 Å². The van der Waals surface area contributed by atoms with Crippen molar-refractivity contribution in [3.63, 3.8) is 0 Å². The number of carbonyl (C=O) groups excluding carboxylic acids is 3. The number of ether oxygens (including phenoxy) is 5. The number of benzene rings is 1. The van der Waals surface area contributed by atoms with Gasteiger partial charge in [-0.3, -0.25) is 9.59 Å². The maximum atomic E-state index is 12.2. The van der Waals surface area contributed by atoms with Crippen LogP contribution in [0.5, 0.6) is 0 Å². The molecule has 8 heteroatoms. The average molecular weight is 406 g/mol. The normalized spacial score (nSPS) is 24.4. The summed E-state index contributed by atoms with van der Waals surface area (Å²) in [6, 6.07) is 9.52. The molecule has 1 saturated heterocycles. The van der Waals surface area contributed by atoms with E-state index in [1.54, 1.807) is 13.8 Å². The minimum atomic E-state index is -1.16. The van der Waals surface area contributed by atoms with Crippen molar-refractivity contribution in [2.45, 2.75) is 51.3 Å². The molecule has 0 amide bonds. The van der Waals surface area contributed by atoms with Crippen molar-refractivity contribution in [2.24, 2.45) is 0 Å². The van der Waals surface area contributed by atoms with Crippen LogP contribution < -0.4 is 0 Å². The molecule has 0 bridgehead atoms. The second-order valence-electron chi connectivity index (χ2n) is 6.74. The molecule has 1 aromatic rings. The first kappa shape index (κ1) is 22.6. The lowest BCUT2D eigenvalue weighted by molar-refractivity contribution is -0.176. The van der Waals surface area contributed by atoms with Gasteiger partial charge < -0.3 is 23.7 Å². The van der Waals surface area contributed by atoms with Gasteiger partial charge in [0.25, 0.3) is 6.47 Å². The van der Waals surface area contributed by atoms with Crippen LogP contribution in [0, 0.1) is 0 Å². The third-order valence-electron chi connectivity index (χ3n) is 4.32. The van der Waals surface area contributed by atoms with Crippen molar-refractivity contribution in [3.8, 4) is 0 Å². The summed E-state index contributed by atoms with van der Waals surface area (Å²) in [7, 11) is 0. The topological polar surface area (TPSA) is 97.4 Å². The molecule has 0 spiro atoms. The number of rotatable bonds is 10. The molecule has 0 radical (unpaired) electrons. The van der Waals surface area contributed by atoms with Crippen LogP contribution in [0.15, 0.2) is 42.5 Å². The number of esters is 2. The standard InChI is InChI=1S/C21H26O8/c1-5-26-20(24)14(2)18(27-15(3)23)19-17(12-25-13-22)28-21(4,29-19)11-16-9-7-6-8-10-16/h6-10,13,17-19H,2,5,11-12H2,1,3-4H3. The van der Waals surface area contributed by atoms with Crippen LogP contribution >= 0.6 is 0 Å². The van der Waals surface area contributed by atoms with Crippen molar-refractivity contribution >= 4 is 18.4 Å². The molecule has 4 unspecified atom stereocenters. The van der Waals surface area contributed by atoms with Crippen LogP contribution in [0.1, 0.15) is 26.3 Å². The third-order valence-corrected chi connectivity index (χ3v) is 4.32. The van der Waals surface area contributed by atoms with Crippen LogP contribution in [0.2, 0.25) is 0 Å². The first-order chi connectivity index (χ1) is 13.8. The molecule has 0 aliphatic carbocycles. The summed E-state index contributed by atoms with van der Waals surface area (Å²) >= 11 is 0. The van der Waals surface area contributed by atoms with E-state index in [4.69, 9.17) is 23.7 Å². The van der Waals surface area contributed by atoms with Crippen LogP contribution in [0.3, 0.4) is 0 Å². The zero-order valence-electron chi connectivity index (χ0n) is 16.8. The van der Waals surface area contributed by atoms with Crippen molar-refractivity contribution < 1.29 is 38.1 Å². The molecule has 0 aromatic heterocycles. The molecule has 2 rings (SSSR count). The van der Waals surface area contributed by atoms with Gasteiger partial charge in [-0.25, -0.2) is 4.79 Å². The van der Waals surface area contributed by atoms with Gasteiger partial charge in [-0.05, 0) is 19.4 Å². The fourth-order valence-corrected chi connectivity index (χ4v) is 3.20. The highest BCUT2D eigenvalue weighted by molar-refractivity contribution is 5.89. The molecule has 1 heterocycles. The lowest BCUT2D eigenvalue weighted by atomic mass is 10.0. The Morgan fingerprint density at radius 1 is 1.28 bits per heavy atom. The Balaban J connectivity index is 2.29. The Labute approximate surface area is 169 Å². The van der Waals surface area contributed by atoms with Gasteiger partial charge in [-0.2, -0.15) is 0 Å². The highest BCUT2D eigenvalue weighted by Crippen LogP contribution is 2.36. The fraction of sp³-hybridized carbons (Fsp3) is 0.476. The summed E-state index contributed by atoms with van der Waals surface area (Å²) in [6.07, 6.45) is -2.49. The lowest BCUT2D eigenvalue weighted by Crippen LogP contribution is -2.43. The van der Waals surface area contributed by atoms with Crippen molar-refractivity contribution in [1.29, 1.82) is 0 Å². The number of carbonyl (C=O) groups is 3. The van der Waals surface area contributed by atoms with E-state index in [2.05, 4.69) is 6.58 Å². The van der Waals surface area contributed by atoms with E-state index < -0.39 is 36.0 Å². The molecule has 4 atom stereocenters. The first-order valence-electron chi connectivity index (χ1n) is 9.27. The van der Waals surface area contributed by atoms with Crippen molar-refractivity contribution in [1.82, 2.24) is 0 Å². The monoisotopic (exact) mass is 406 g/mol. The SMILES string of the molecule is C=C(C(=O)OCC)C(OC(C)=O)C1OC(C)(Cc2ccccc2)OC1COC=O. The van der Waals surface area contributed by atoms with Gasteiger partial charge in [0.1, 0.15) is 18.8 Å². The van der Waals surface area contributed by atoms with E-state index in [-0.39, 0.29) is 25.3 Å².